The average molecular weight is 1100 g/mol. The van der Waals surface area contributed by atoms with Gasteiger partial charge in [-0.25, -0.2) is 0 Å². The summed E-state index contributed by atoms with van der Waals surface area (Å²) in [5.41, 5.74) is 0. The monoisotopic (exact) mass is 1100 g/mol. The molecule has 0 aliphatic carbocycles. The van der Waals surface area contributed by atoms with Gasteiger partial charge in [0.15, 0.2) is 6.10 Å². The number of carbonyl (C=O) groups is 3. The van der Waals surface area contributed by atoms with Crippen LogP contribution < -0.4 is 0 Å². The van der Waals surface area contributed by atoms with Gasteiger partial charge in [0.2, 0.25) is 0 Å². The highest BCUT2D eigenvalue weighted by molar-refractivity contribution is 5.71. The number of hydrogen-bond donors (Lipinski definition) is 0. The maximum absolute atomic E-state index is 12.9. The molecule has 0 radical (unpaired) electrons. The standard InChI is InChI=1S/C74H114O6/c1-4-7-10-13-16-19-22-24-26-28-29-30-31-32-33-34-35-36-37-38-39-40-41-42-43-44-45-47-48-50-52-55-58-61-64-67-73(76)79-70-71(69-78-72(75)66-63-60-57-54-21-18-15-12-9-6-3)80-74(77)68-65-62-59-56-53-51-49-46-27-25-23-20-17-14-11-8-5-2/h7-8,10-12,15-17,19-20,24-27,29-30,32-33,35-36,38-39,41-42,44-45,48-51,71H,4-6,9,13-14,18,21-23,28,31,34,37,40,43,46-47,52-70H2,1-3H3/b10-7-,11-8-,15-12-,19-16-,20-17-,26-24-,27-25-,30-29-,33-32-,36-35-,39-38-,42-41-,45-44-,50-48-,51-49-. The van der Waals surface area contributed by atoms with E-state index in [0.717, 1.165) is 193 Å². The van der Waals surface area contributed by atoms with Gasteiger partial charge in [0.25, 0.3) is 0 Å². The number of unbranched alkanes of at least 4 members (excludes halogenated alkanes) is 14. The van der Waals surface area contributed by atoms with Crippen LogP contribution >= 0.6 is 0 Å². The Morgan fingerprint density at radius 1 is 0.263 bits per heavy atom. The van der Waals surface area contributed by atoms with Gasteiger partial charge in [0.1, 0.15) is 13.2 Å². The van der Waals surface area contributed by atoms with E-state index in [4.69, 9.17) is 14.2 Å². The van der Waals surface area contributed by atoms with E-state index in [1.54, 1.807) is 0 Å². The average Bonchev–Trinajstić information content (AvgIpc) is 3.46. The van der Waals surface area contributed by atoms with E-state index in [9.17, 15) is 14.4 Å². The van der Waals surface area contributed by atoms with E-state index in [0.29, 0.717) is 12.8 Å². The molecule has 0 rings (SSSR count). The van der Waals surface area contributed by atoms with Crippen molar-refractivity contribution in [3.63, 3.8) is 0 Å². The normalized spacial score (nSPS) is 13.4. The third-order valence-electron chi connectivity index (χ3n) is 12.6. The van der Waals surface area contributed by atoms with Crippen LogP contribution in [-0.2, 0) is 28.6 Å². The van der Waals surface area contributed by atoms with Gasteiger partial charge in [-0.3, -0.25) is 14.4 Å². The number of ether oxygens (including phenoxy) is 3. The van der Waals surface area contributed by atoms with Crippen LogP contribution in [0.3, 0.4) is 0 Å². The molecule has 0 fully saturated rings. The largest absolute Gasteiger partial charge is 0.462 e. The lowest BCUT2D eigenvalue weighted by atomic mass is 10.1. The minimum atomic E-state index is -0.814. The van der Waals surface area contributed by atoms with Crippen molar-refractivity contribution in [2.75, 3.05) is 13.2 Å². The van der Waals surface area contributed by atoms with E-state index in [1.165, 1.54) is 12.8 Å². The van der Waals surface area contributed by atoms with Crippen molar-refractivity contribution in [1.82, 2.24) is 0 Å². The third kappa shape index (κ3) is 63.3. The number of allylic oxidation sites excluding steroid dienone is 30. The molecular weight excluding hydrogens is 985 g/mol. The maximum atomic E-state index is 12.9. The fourth-order valence-electron chi connectivity index (χ4n) is 7.93. The Morgan fingerprint density at radius 2 is 0.487 bits per heavy atom. The van der Waals surface area contributed by atoms with Gasteiger partial charge in [-0.15, -0.1) is 0 Å². The highest BCUT2D eigenvalue weighted by Crippen LogP contribution is 2.13. The zero-order valence-electron chi connectivity index (χ0n) is 51.0. The summed E-state index contributed by atoms with van der Waals surface area (Å²) in [6.45, 7) is 6.28. The molecule has 0 spiro atoms. The van der Waals surface area contributed by atoms with Gasteiger partial charge in [-0.05, 0) is 154 Å². The molecule has 446 valence electrons. The molecule has 0 aromatic carbocycles. The van der Waals surface area contributed by atoms with E-state index in [1.807, 2.05) is 0 Å². The summed E-state index contributed by atoms with van der Waals surface area (Å²) in [6.07, 6.45) is 99.1. The minimum Gasteiger partial charge on any atom is -0.462 e. The predicted molar refractivity (Wildman–Crippen MR) is 348 cm³/mol. The Labute approximate surface area is 491 Å². The predicted octanol–water partition coefficient (Wildman–Crippen LogP) is 22.0. The van der Waals surface area contributed by atoms with Gasteiger partial charge in [-0.2, -0.15) is 0 Å². The highest BCUT2D eigenvalue weighted by Gasteiger charge is 2.19. The van der Waals surface area contributed by atoms with E-state index in [2.05, 4.69) is 203 Å². The second-order valence-electron chi connectivity index (χ2n) is 20.2. The van der Waals surface area contributed by atoms with Crippen molar-refractivity contribution in [2.45, 2.75) is 252 Å². The van der Waals surface area contributed by atoms with Gasteiger partial charge < -0.3 is 14.2 Å². The van der Waals surface area contributed by atoms with Crippen LogP contribution in [0, 0.1) is 0 Å². The van der Waals surface area contributed by atoms with Crippen LogP contribution in [0.5, 0.6) is 0 Å². The maximum Gasteiger partial charge on any atom is 0.306 e. The lowest BCUT2D eigenvalue weighted by molar-refractivity contribution is -0.167. The fraction of sp³-hybridized carbons (Fsp3) is 0.554. The Bertz CT molecular complexity index is 1890. The molecule has 0 aromatic heterocycles. The van der Waals surface area contributed by atoms with Gasteiger partial charge in [-0.1, -0.05) is 254 Å². The number of rotatable bonds is 55. The molecule has 1 atom stereocenters. The molecule has 0 N–H and O–H groups in total. The van der Waals surface area contributed by atoms with Crippen molar-refractivity contribution in [3.8, 4) is 0 Å². The number of carbonyl (C=O) groups excluding carboxylic acids is 3. The van der Waals surface area contributed by atoms with Crippen LogP contribution in [0.4, 0.5) is 0 Å². The summed E-state index contributed by atoms with van der Waals surface area (Å²) in [4.78, 5) is 38.2. The summed E-state index contributed by atoms with van der Waals surface area (Å²) < 4.78 is 16.8. The van der Waals surface area contributed by atoms with Crippen molar-refractivity contribution < 1.29 is 28.6 Å². The lowest BCUT2D eigenvalue weighted by Gasteiger charge is -2.18. The topological polar surface area (TPSA) is 78.9 Å². The fourth-order valence-corrected chi connectivity index (χ4v) is 7.93. The molecule has 0 bridgehead atoms. The van der Waals surface area contributed by atoms with Crippen molar-refractivity contribution >= 4 is 17.9 Å². The lowest BCUT2D eigenvalue weighted by Crippen LogP contribution is -2.30. The summed E-state index contributed by atoms with van der Waals surface area (Å²) >= 11 is 0. The van der Waals surface area contributed by atoms with Crippen molar-refractivity contribution in [2.24, 2.45) is 0 Å². The molecule has 0 aliphatic rings. The molecule has 6 nitrogen and oxygen atoms in total. The van der Waals surface area contributed by atoms with Crippen LogP contribution in [0.1, 0.15) is 245 Å². The number of hydrogen-bond acceptors (Lipinski definition) is 6. The molecule has 0 amide bonds. The molecule has 0 aliphatic heterocycles. The molecule has 6 heteroatoms. The Balaban J connectivity index is 4.33. The summed E-state index contributed by atoms with van der Waals surface area (Å²) in [6, 6.07) is 0. The quantitative estimate of drug-likeness (QED) is 0.0261. The van der Waals surface area contributed by atoms with E-state index < -0.39 is 6.10 Å². The Morgan fingerprint density at radius 3 is 0.775 bits per heavy atom. The van der Waals surface area contributed by atoms with E-state index >= 15 is 0 Å². The molecule has 0 aromatic rings. The first-order chi connectivity index (χ1) is 39.5. The molecule has 80 heavy (non-hydrogen) atoms. The van der Waals surface area contributed by atoms with Crippen LogP contribution in [0.2, 0.25) is 0 Å². The minimum absolute atomic E-state index is 0.109. The SMILES string of the molecule is CC/C=C\C/C=C\C/C=C\C/C=C\C/C=C\C/C=C\C/C=C\C/C=C\C/C=C\C/C=C\CCCCCCC(=O)OCC(COC(=O)CCCCCCC/C=C\CCC)OC(=O)CCCCCC/C=C\C/C=C\C/C=C\C/C=C\CC. The molecule has 0 heterocycles. The second kappa shape index (κ2) is 66.0. The second-order valence-corrected chi connectivity index (χ2v) is 20.2. The van der Waals surface area contributed by atoms with Gasteiger partial charge in [0.05, 0.1) is 0 Å². The van der Waals surface area contributed by atoms with Crippen LogP contribution in [0.15, 0.2) is 182 Å². The van der Waals surface area contributed by atoms with E-state index in [-0.39, 0.29) is 37.5 Å². The molecular formula is C74H114O6. The summed E-state index contributed by atoms with van der Waals surface area (Å²) in [5.74, 6) is -0.979. The summed E-state index contributed by atoms with van der Waals surface area (Å²) in [7, 11) is 0. The van der Waals surface area contributed by atoms with Crippen molar-refractivity contribution in [1.29, 1.82) is 0 Å². The van der Waals surface area contributed by atoms with Crippen LogP contribution in [-0.4, -0.2) is 37.2 Å². The zero-order valence-corrected chi connectivity index (χ0v) is 51.0. The Hall–Kier alpha value is -5.49. The highest BCUT2D eigenvalue weighted by atomic mass is 16.6. The smallest absolute Gasteiger partial charge is 0.306 e. The molecule has 0 saturated carbocycles. The molecule has 0 saturated heterocycles. The molecule has 1 unspecified atom stereocenters. The first-order valence-electron chi connectivity index (χ1n) is 31.8. The Kier molecular flexibility index (Phi) is 61.5. The van der Waals surface area contributed by atoms with Gasteiger partial charge >= 0.3 is 17.9 Å². The number of esters is 3. The van der Waals surface area contributed by atoms with Crippen LogP contribution in [0.25, 0.3) is 0 Å². The first kappa shape index (κ1) is 74.5. The zero-order chi connectivity index (χ0) is 57.8. The first-order valence-corrected chi connectivity index (χ1v) is 31.8. The van der Waals surface area contributed by atoms with Gasteiger partial charge in [0, 0.05) is 19.3 Å². The summed E-state index contributed by atoms with van der Waals surface area (Å²) in [5, 5.41) is 0. The third-order valence-corrected chi connectivity index (χ3v) is 12.6. The van der Waals surface area contributed by atoms with Crippen molar-refractivity contribution in [3.05, 3.63) is 182 Å².